The van der Waals surface area contributed by atoms with Crippen LogP contribution in [0.25, 0.3) is 0 Å². The van der Waals surface area contributed by atoms with Crippen LogP contribution in [-0.4, -0.2) is 10.8 Å². The Labute approximate surface area is 133 Å². The molecule has 1 amide bonds. The van der Waals surface area contributed by atoms with Gasteiger partial charge in [0.2, 0.25) is 0 Å². The Morgan fingerprint density at radius 1 is 1.13 bits per heavy atom. The number of hydrogen-bond acceptors (Lipinski definition) is 4. The highest BCUT2D eigenvalue weighted by molar-refractivity contribution is 6.01. The van der Waals surface area contributed by atoms with E-state index in [0.717, 1.165) is 5.69 Å². The van der Waals surface area contributed by atoms with Gasteiger partial charge < -0.3 is 10.6 Å². The number of benzene rings is 2. The van der Waals surface area contributed by atoms with Crippen LogP contribution in [-0.2, 0) is 0 Å². The summed E-state index contributed by atoms with van der Waals surface area (Å²) < 4.78 is 0. The number of para-hydroxylation sites is 1. The Balaban J connectivity index is 1.99. The normalized spacial score (nSPS) is 16.5. The summed E-state index contributed by atoms with van der Waals surface area (Å²) in [5.41, 5.74) is 2.70. The standard InChI is InChI=1S/C17H17N3O3/c1-10(2)12-8-7-11(9-15(12)20(22)23)16-18-14-6-4-3-5-13(14)17(21)19-16/h3-10,16,18H,1-2H3,(H,19,21)/t16-/m0/s1. The van der Waals surface area contributed by atoms with Gasteiger partial charge in [-0.15, -0.1) is 0 Å². The number of amides is 1. The molecule has 2 aromatic carbocycles. The number of anilines is 1. The topological polar surface area (TPSA) is 84.3 Å². The Bertz CT molecular complexity index is 786. The third-order valence-electron chi connectivity index (χ3n) is 3.95. The zero-order chi connectivity index (χ0) is 16.6. The molecule has 0 aliphatic carbocycles. The van der Waals surface area contributed by atoms with Crippen LogP contribution in [0.5, 0.6) is 0 Å². The summed E-state index contributed by atoms with van der Waals surface area (Å²) in [6.45, 7) is 3.83. The number of nitro benzene ring substituents is 1. The van der Waals surface area contributed by atoms with Crippen molar-refractivity contribution < 1.29 is 9.72 Å². The summed E-state index contributed by atoms with van der Waals surface area (Å²) in [6, 6.07) is 12.3. The quantitative estimate of drug-likeness (QED) is 0.670. The molecule has 2 aromatic rings. The Kier molecular flexibility index (Phi) is 3.73. The van der Waals surface area contributed by atoms with Crippen molar-refractivity contribution in [2.45, 2.75) is 25.9 Å². The lowest BCUT2D eigenvalue weighted by Gasteiger charge is -2.28. The van der Waals surface area contributed by atoms with Gasteiger partial charge in [-0.3, -0.25) is 14.9 Å². The van der Waals surface area contributed by atoms with E-state index >= 15 is 0 Å². The number of nitro groups is 1. The van der Waals surface area contributed by atoms with E-state index in [4.69, 9.17) is 0 Å². The molecular formula is C17H17N3O3. The van der Waals surface area contributed by atoms with Crippen LogP contribution >= 0.6 is 0 Å². The number of nitrogens with one attached hydrogen (secondary N) is 2. The minimum atomic E-state index is -0.489. The highest BCUT2D eigenvalue weighted by Gasteiger charge is 2.26. The molecule has 1 atom stereocenters. The van der Waals surface area contributed by atoms with Crippen LogP contribution in [0, 0.1) is 10.1 Å². The summed E-state index contributed by atoms with van der Waals surface area (Å²) >= 11 is 0. The highest BCUT2D eigenvalue weighted by atomic mass is 16.6. The van der Waals surface area contributed by atoms with Gasteiger partial charge in [-0.1, -0.05) is 38.1 Å². The molecule has 118 valence electrons. The second-order valence-electron chi connectivity index (χ2n) is 5.83. The van der Waals surface area contributed by atoms with Crippen LogP contribution < -0.4 is 10.6 Å². The molecule has 0 saturated carbocycles. The van der Waals surface area contributed by atoms with Crippen molar-refractivity contribution in [3.05, 3.63) is 69.3 Å². The van der Waals surface area contributed by atoms with E-state index < -0.39 is 6.17 Å². The summed E-state index contributed by atoms with van der Waals surface area (Å²) in [4.78, 5) is 23.1. The Morgan fingerprint density at radius 3 is 2.57 bits per heavy atom. The van der Waals surface area contributed by atoms with E-state index in [1.54, 1.807) is 18.2 Å². The molecule has 1 aliphatic rings. The van der Waals surface area contributed by atoms with Gasteiger partial charge in [0.1, 0.15) is 6.17 Å². The third-order valence-corrected chi connectivity index (χ3v) is 3.95. The molecule has 1 heterocycles. The molecule has 6 heteroatoms. The average molecular weight is 311 g/mol. The molecule has 0 saturated heterocycles. The molecule has 1 aliphatic heterocycles. The fourth-order valence-corrected chi connectivity index (χ4v) is 2.76. The molecule has 2 N–H and O–H groups in total. The van der Waals surface area contributed by atoms with Gasteiger partial charge in [0.05, 0.1) is 10.5 Å². The van der Waals surface area contributed by atoms with Crippen LogP contribution in [0.3, 0.4) is 0 Å². The maximum atomic E-state index is 12.2. The number of fused-ring (bicyclic) bond motifs is 1. The largest absolute Gasteiger partial charge is 0.361 e. The maximum Gasteiger partial charge on any atom is 0.273 e. The first-order valence-corrected chi connectivity index (χ1v) is 7.42. The van der Waals surface area contributed by atoms with E-state index in [0.29, 0.717) is 16.7 Å². The van der Waals surface area contributed by atoms with Crippen molar-refractivity contribution >= 4 is 17.3 Å². The molecule has 0 aromatic heterocycles. The maximum absolute atomic E-state index is 12.2. The van der Waals surface area contributed by atoms with Gasteiger partial charge in [-0.25, -0.2) is 0 Å². The lowest BCUT2D eigenvalue weighted by atomic mass is 9.97. The van der Waals surface area contributed by atoms with Gasteiger partial charge >= 0.3 is 0 Å². The van der Waals surface area contributed by atoms with Crippen LogP contribution in [0.4, 0.5) is 11.4 Å². The average Bonchev–Trinajstić information content (AvgIpc) is 2.54. The van der Waals surface area contributed by atoms with Gasteiger partial charge in [-0.05, 0) is 18.1 Å². The lowest BCUT2D eigenvalue weighted by Crippen LogP contribution is -2.38. The highest BCUT2D eigenvalue weighted by Crippen LogP contribution is 2.32. The number of hydrogen-bond donors (Lipinski definition) is 2. The van der Waals surface area contributed by atoms with Gasteiger partial charge in [0.15, 0.2) is 0 Å². The summed E-state index contributed by atoms with van der Waals surface area (Å²) in [6.07, 6.45) is -0.489. The Morgan fingerprint density at radius 2 is 1.87 bits per heavy atom. The first-order valence-electron chi connectivity index (χ1n) is 7.42. The van der Waals surface area contributed by atoms with Crippen molar-refractivity contribution in [2.75, 3.05) is 5.32 Å². The zero-order valence-electron chi connectivity index (χ0n) is 12.9. The minimum Gasteiger partial charge on any atom is -0.361 e. The van der Waals surface area contributed by atoms with E-state index in [1.165, 1.54) is 6.07 Å². The van der Waals surface area contributed by atoms with Crippen molar-refractivity contribution in [3.8, 4) is 0 Å². The zero-order valence-corrected chi connectivity index (χ0v) is 12.9. The lowest BCUT2D eigenvalue weighted by molar-refractivity contribution is -0.385. The van der Waals surface area contributed by atoms with Gasteiger partial charge in [0, 0.05) is 22.9 Å². The monoisotopic (exact) mass is 311 g/mol. The van der Waals surface area contributed by atoms with Crippen LogP contribution in [0.1, 0.15) is 47.4 Å². The number of carbonyl (C=O) groups is 1. The summed E-state index contributed by atoms with van der Waals surface area (Å²) in [5, 5.41) is 17.4. The molecule has 0 fully saturated rings. The second kappa shape index (κ2) is 5.72. The molecule has 6 nitrogen and oxygen atoms in total. The van der Waals surface area contributed by atoms with Gasteiger partial charge in [-0.2, -0.15) is 0 Å². The van der Waals surface area contributed by atoms with E-state index in [1.807, 2.05) is 32.0 Å². The van der Waals surface area contributed by atoms with E-state index in [9.17, 15) is 14.9 Å². The predicted octanol–water partition coefficient (Wildman–Crippen LogP) is 3.57. The molecule has 0 spiro atoms. The van der Waals surface area contributed by atoms with Crippen molar-refractivity contribution in [1.82, 2.24) is 5.32 Å². The Hall–Kier alpha value is -2.89. The van der Waals surface area contributed by atoms with Gasteiger partial charge in [0.25, 0.3) is 11.6 Å². The molecule has 0 bridgehead atoms. The summed E-state index contributed by atoms with van der Waals surface area (Å²) in [7, 11) is 0. The van der Waals surface area contributed by atoms with Crippen molar-refractivity contribution in [2.24, 2.45) is 0 Å². The molecular weight excluding hydrogens is 294 g/mol. The van der Waals surface area contributed by atoms with Crippen LogP contribution in [0.2, 0.25) is 0 Å². The minimum absolute atomic E-state index is 0.0547. The first kappa shape index (κ1) is 15.0. The first-order chi connectivity index (χ1) is 11.0. The third kappa shape index (κ3) is 2.75. The van der Waals surface area contributed by atoms with Crippen molar-refractivity contribution in [1.29, 1.82) is 0 Å². The summed E-state index contributed by atoms with van der Waals surface area (Å²) in [5.74, 6) is -0.140. The van der Waals surface area contributed by atoms with Crippen LogP contribution in [0.15, 0.2) is 42.5 Å². The molecule has 3 rings (SSSR count). The number of nitrogens with zero attached hydrogens (tertiary/aromatic N) is 1. The number of rotatable bonds is 3. The van der Waals surface area contributed by atoms with E-state index in [-0.39, 0.29) is 22.4 Å². The predicted molar refractivity (Wildman–Crippen MR) is 87.5 cm³/mol. The second-order valence-corrected chi connectivity index (χ2v) is 5.83. The molecule has 0 unspecified atom stereocenters. The molecule has 0 radical (unpaired) electrons. The fraction of sp³-hybridized carbons (Fsp3) is 0.235. The molecule has 23 heavy (non-hydrogen) atoms. The number of carbonyl (C=O) groups excluding carboxylic acids is 1. The van der Waals surface area contributed by atoms with Crippen molar-refractivity contribution in [3.63, 3.8) is 0 Å². The van der Waals surface area contributed by atoms with E-state index in [2.05, 4.69) is 10.6 Å². The smallest absolute Gasteiger partial charge is 0.273 e. The SMILES string of the molecule is CC(C)c1ccc([C@@H]2NC(=O)c3ccccc3N2)cc1[N+](=O)[O-]. The fourth-order valence-electron chi connectivity index (χ4n) is 2.76.